The number of hydrogen-bond donors (Lipinski definition) is 2. The molecule has 9 nitrogen and oxygen atoms in total. The summed E-state index contributed by atoms with van der Waals surface area (Å²) in [5.74, 6) is 0.721. The first-order chi connectivity index (χ1) is 16.8. The summed E-state index contributed by atoms with van der Waals surface area (Å²) in [6.45, 7) is 9.62. The monoisotopic (exact) mass is 497 g/mol. The summed E-state index contributed by atoms with van der Waals surface area (Å²) in [6.07, 6.45) is 5.68. The van der Waals surface area contributed by atoms with Crippen molar-refractivity contribution in [1.29, 1.82) is 0 Å². The Kier molecular flexibility index (Phi) is 8.02. The van der Waals surface area contributed by atoms with Gasteiger partial charge in [0.2, 0.25) is 0 Å². The Balaban J connectivity index is 1.56. The Morgan fingerprint density at radius 3 is 2.83 bits per heavy atom. The number of hydrogen-bond acceptors (Lipinski definition) is 7. The fourth-order valence-electron chi connectivity index (χ4n) is 3.98. The van der Waals surface area contributed by atoms with Gasteiger partial charge in [0, 0.05) is 24.5 Å². The summed E-state index contributed by atoms with van der Waals surface area (Å²) in [7, 11) is 0. The Morgan fingerprint density at radius 2 is 2.09 bits per heavy atom. The lowest BCUT2D eigenvalue weighted by atomic mass is 9.91. The number of thiazole rings is 1. The molecule has 3 N–H and O–H groups in total. The number of unbranched alkanes of at least 4 members (excludes halogenated alkanes) is 1. The summed E-state index contributed by atoms with van der Waals surface area (Å²) < 4.78 is 8.00. The number of amides is 2. The van der Waals surface area contributed by atoms with E-state index in [1.165, 1.54) is 0 Å². The molecular formula is C25H35N7O2S. The molecule has 2 amide bonds. The van der Waals surface area contributed by atoms with Crippen LogP contribution in [0.3, 0.4) is 0 Å². The van der Waals surface area contributed by atoms with E-state index >= 15 is 0 Å². The van der Waals surface area contributed by atoms with Crippen LogP contribution in [0.1, 0.15) is 45.0 Å². The lowest BCUT2D eigenvalue weighted by Gasteiger charge is -2.17. The predicted octanol–water partition coefficient (Wildman–Crippen LogP) is 3.66. The Bertz CT molecular complexity index is 1140. The molecule has 0 spiro atoms. The van der Waals surface area contributed by atoms with Gasteiger partial charge in [-0.25, -0.2) is 14.5 Å². The first-order valence-corrected chi connectivity index (χ1v) is 13.1. The highest BCUT2D eigenvalue weighted by atomic mass is 32.1. The molecule has 0 aliphatic carbocycles. The summed E-state index contributed by atoms with van der Waals surface area (Å²) in [4.78, 5) is 18.5. The van der Waals surface area contributed by atoms with Gasteiger partial charge in [0.1, 0.15) is 17.4 Å². The van der Waals surface area contributed by atoms with Gasteiger partial charge in [0.25, 0.3) is 0 Å². The molecule has 0 bridgehead atoms. The van der Waals surface area contributed by atoms with Gasteiger partial charge in [-0.3, -0.25) is 0 Å². The number of urea groups is 1. The highest BCUT2D eigenvalue weighted by molar-refractivity contribution is 7.13. The molecule has 0 unspecified atom stereocenters. The third-order valence-electron chi connectivity index (χ3n) is 5.72. The van der Waals surface area contributed by atoms with Crippen LogP contribution in [0.4, 0.5) is 4.79 Å². The number of nitrogens with two attached hydrogens (primary N) is 1. The van der Waals surface area contributed by atoms with E-state index in [1.54, 1.807) is 20.9 Å². The Morgan fingerprint density at radius 1 is 1.23 bits per heavy atom. The van der Waals surface area contributed by atoms with Crippen molar-refractivity contribution in [3.63, 3.8) is 0 Å². The second-order valence-corrected chi connectivity index (χ2v) is 10.9. The van der Waals surface area contributed by atoms with Crippen LogP contribution in [0.2, 0.25) is 0 Å². The molecule has 35 heavy (non-hydrogen) atoms. The minimum atomic E-state index is -0.0425. The number of nitrogens with zero attached hydrogens (tertiary/aromatic N) is 5. The van der Waals surface area contributed by atoms with Gasteiger partial charge >= 0.3 is 6.03 Å². The average Bonchev–Trinajstić information content (AvgIpc) is 3.55. The van der Waals surface area contributed by atoms with Crippen LogP contribution in [0.15, 0.2) is 29.8 Å². The van der Waals surface area contributed by atoms with Crippen molar-refractivity contribution < 1.29 is 9.53 Å². The normalized spacial score (nSPS) is 13.9. The molecule has 3 aromatic rings. The molecule has 1 aliphatic heterocycles. The zero-order valence-corrected chi connectivity index (χ0v) is 21.6. The molecule has 3 heterocycles. The maximum Gasteiger partial charge on any atom is 0.317 e. The lowest BCUT2D eigenvalue weighted by Crippen LogP contribution is -2.31. The van der Waals surface area contributed by atoms with E-state index in [4.69, 9.17) is 15.5 Å². The van der Waals surface area contributed by atoms with Crippen LogP contribution < -0.4 is 15.8 Å². The van der Waals surface area contributed by atoms with E-state index in [-0.39, 0.29) is 11.4 Å². The van der Waals surface area contributed by atoms with Gasteiger partial charge in [-0.05, 0) is 49.8 Å². The fraction of sp³-hybridized carbons (Fsp3) is 0.520. The average molecular weight is 498 g/mol. The van der Waals surface area contributed by atoms with Gasteiger partial charge in [0.05, 0.1) is 35.4 Å². The molecule has 0 radical (unpaired) electrons. The SMILES string of the molecule is CC(C)(C)Cc1csc(-c2ccc(-n3cc(CCCCN)nn3)cc2OCCN2CCNC2=O)n1. The summed E-state index contributed by atoms with van der Waals surface area (Å²) in [5.41, 5.74) is 9.60. The van der Waals surface area contributed by atoms with Crippen molar-refractivity contribution in [1.82, 2.24) is 30.2 Å². The number of aryl methyl sites for hydroxylation is 1. The number of aromatic nitrogens is 4. The van der Waals surface area contributed by atoms with E-state index in [0.717, 1.165) is 59.1 Å². The van der Waals surface area contributed by atoms with Crippen LogP contribution in [-0.2, 0) is 12.8 Å². The molecule has 188 valence electrons. The number of nitrogens with one attached hydrogen (secondary N) is 1. The summed E-state index contributed by atoms with van der Waals surface area (Å²) in [5, 5.41) is 14.5. The van der Waals surface area contributed by atoms with Gasteiger partial charge in [-0.15, -0.1) is 16.4 Å². The molecule has 1 saturated heterocycles. The van der Waals surface area contributed by atoms with E-state index in [9.17, 15) is 4.79 Å². The highest BCUT2D eigenvalue weighted by Crippen LogP contribution is 2.35. The molecule has 2 aromatic heterocycles. The van der Waals surface area contributed by atoms with Crippen molar-refractivity contribution in [2.75, 3.05) is 32.8 Å². The van der Waals surface area contributed by atoms with E-state index in [0.29, 0.717) is 32.8 Å². The van der Waals surface area contributed by atoms with Crippen LogP contribution in [0.25, 0.3) is 16.3 Å². The van der Waals surface area contributed by atoms with Crippen molar-refractivity contribution in [3.8, 4) is 22.0 Å². The minimum absolute atomic E-state index is 0.0425. The van der Waals surface area contributed by atoms with Crippen molar-refractivity contribution in [2.45, 2.75) is 46.5 Å². The van der Waals surface area contributed by atoms with E-state index in [1.807, 2.05) is 24.4 Å². The number of rotatable bonds is 11. The second kappa shape index (κ2) is 11.2. The molecule has 1 aliphatic rings. The maximum atomic E-state index is 11.9. The topological polar surface area (TPSA) is 111 Å². The standard InChI is InChI=1S/C25H35N7O2S/c1-25(2,3)15-19-17-35-23(28-19)21-8-7-20(32-16-18(29-30-32)6-4-5-9-26)14-22(21)34-13-12-31-11-10-27-24(31)33/h7-8,14,16-17H,4-6,9-13,15,26H2,1-3H3,(H,27,33). The first-order valence-electron chi connectivity index (χ1n) is 12.2. The molecule has 0 saturated carbocycles. The molecule has 4 rings (SSSR count). The van der Waals surface area contributed by atoms with Crippen molar-refractivity contribution in [2.24, 2.45) is 11.1 Å². The first kappa shape index (κ1) is 25.1. The molecule has 10 heteroatoms. The molecular weight excluding hydrogens is 462 g/mol. The third-order valence-corrected chi connectivity index (χ3v) is 6.64. The zero-order chi connectivity index (χ0) is 24.8. The van der Waals surface area contributed by atoms with Crippen LogP contribution in [-0.4, -0.2) is 63.7 Å². The Hall–Kier alpha value is -2.98. The highest BCUT2D eigenvalue weighted by Gasteiger charge is 2.20. The van der Waals surface area contributed by atoms with Gasteiger partial charge in [0.15, 0.2) is 0 Å². The van der Waals surface area contributed by atoms with Gasteiger partial charge < -0.3 is 20.7 Å². The molecule has 1 fully saturated rings. The number of ether oxygens (including phenoxy) is 1. The van der Waals surface area contributed by atoms with Crippen LogP contribution >= 0.6 is 11.3 Å². The minimum Gasteiger partial charge on any atom is -0.491 e. The van der Waals surface area contributed by atoms with Gasteiger partial charge in [-0.2, -0.15) is 0 Å². The largest absolute Gasteiger partial charge is 0.491 e. The van der Waals surface area contributed by atoms with Crippen molar-refractivity contribution in [3.05, 3.63) is 41.2 Å². The quantitative estimate of drug-likeness (QED) is 0.391. The fourth-order valence-corrected chi connectivity index (χ4v) is 4.83. The molecule has 1 aromatic carbocycles. The number of benzene rings is 1. The number of carbonyl (C=O) groups is 1. The summed E-state index contributed by atoms with van der Waals surface area (Å²) >= 11 is 1.62. The van der Waals surface area contributed by atoms with Crippen LogP contribution in [0, 0.1) is 5.41 Å². The smallest absolute Gasteiger partial charge is 0.317 e. The van der Waals surface area contributed by atoms with E-state index < -0.39 is 0 Å². The van der Waals surface area contributed by atoms with Crippen molar-refractivity contribution >= 4 is 17.4 Å². The third kappa shape index (κ3) is 6.79. The zero-order valence-electron chi connectivity index (χ0n) is 20.8. The predicted molar refractivity (Wildman–Crippen MR) is 138 cm³/mol. The van der Waals surface area contributed by atoms with Gasteiger partial charge in [-0.1, -0.05) is 26.0 Å². The second-order valence-electron chi connectivity index (χ2n) is 10.0. The molecule has 0 atom stereocenters. The Labute approximate surface area is 210 Å². The van der Waals surface area contributed by atoms with E-state index in [2.05, 4.69) is 41.8 Å². The van der Waals surface area contributed by atoms with Crippen LogP contribution in [0.5, 0.6) is 5.75 Å². The summed E-state index contributed by atoms with van der Waals surface area (Å²) in [6, 6.07) is 5.98. The lowest BCUT2D eigenvalue weighted by molar-refractivity contribution is 0.203. The maximum absolute atomic E-state index is 11.9. The number of carbonyl (C=O) groups excluding carboxylic acids is 1.